The zero-order valence-corrected chi connectivity index (χ0v) is 16.3. The van der Waals surface area contributed by atoms with Crippen molar-refractivity contribution in [2.75, 3.05) is 6.61 Å². The van der Waals surface area contributed by atoms with Crippen LogP contribution in [0, 0.1) is 6.92 Å². The summed E-state index contributed by atoms with van der Waals surface area (Å²) in [6.45, 7) is 1.64. The van der Waals surface area contributed by atoms with Gasteiger partial charge in [0.1, 0.15) is 0 Å². The van der Waals surface area contributed by atoms with Gasteiger partial charge in [-0.15, -0.1) is 11.3 Å². The number of nitrogens with one attached hydrogen (secondary N) is 1. The predicted octanol–water partition coefficient (Wildman–Crippen LogP) is 4.52. The van der Waals surface area contributed by atoms with Gasteiger partial charge in [-0.05, 0) is 41.1 Å². The maximum atomic E-state index is 12.3. The molecule has 1 atom stereocenters. The SMILES string of the molecule is Cc1ccccc1/C=C/C(=O)OCC(=O)N[C@H](c1ccccc1)c1cccs1. The number of hydrogen-bond donors (Lipinski definition) is 1. The van der Waals surface area contributed by atoms with Crippen LogP contribution < -0.4 is 5.32 Å². The van der Waals surface area contributed by atoms with Gasteiger partial charge < -0.3 is 10.1 Å². The molecular formula is C23H21NO3S. The third-order valence-corrected chi connectivity index (χ3v) is 5.14. The second-order valence-corrected chi connectivity index (χ2v) is 7.20. The lowest BCUT2D eigenvalue weighted by Crippen LogP contribution is -2.32. The van der Waals surface area contributed by atoms with E-state index in [4.69, 9.17) is 4.74 Å². The first-order valence-electron chi connectivity index (χ1n) is 8.91. The molecule has 4 nitrogen and oxygen atoms in total. The number of rotatable bonds is 7. The Kier molecular flexibility index (Phi) is 6.76. The molecule has 3 aromatic rings. The van der Waals surface area contributed by atoms with Gasteiger partial charge in [-0.25, -0.2) is 4.79 Å². The van der Waals surface area contributed by atoms with Crippen molar-refractivity contribution in [2.24, 2.45) is 0 Å². The van der Waals surface area contributed by atoms with E-state index in [9.17, 15) is 9.59 Å². The zero-order valence-electron chi connectivity index (χ0n) is 15.5. The fourth-order valence-electron chi connectivity index (χ4n) is 2.74. The number of amides is 1. The molecule has 2 aromatic carbocycles. The smallest absolute Gasteiger partial charge is 0.331 e. The average Bonchev–Trinajstić information content (AvgIpc) is 3.25. The molecule has 142 valence electrons. The minimum Gasteiger partial charge on any atom is -0.452 e. The summed E-state index contributed by atoms with van der Waals surface area (Å²) in [6, 6.07) is 21.1. The van der Waals surface area contributed by atoms with Crippen molar-refractivity contribution >= 4 is 29.3 Å². The first-order valence-corrected chi connectivity index (χ1v) is 9.79. The van der Waals surface area contributed by atoms with Crippen LogP contribution in [0.3, 0.4) is 0 Å². The molecule has 0 aliphatic heterocycles. The number of thiophene rings is 1. The van der Waals surface area contributed by atoms with Crippen LogP contribution in [0.25, 0.3) is 6.08 Å². The van der Waals surface area contributed by atoms with Crippen molar-refractivity contribution in [1.29, 1.82) is 0 Å². The second kappa shape index (κ2) is 9.67. The van der Waals surface area contributed by atoms with Gasteiger partial charge in [-0.2, -0.15) is 0 Å². The van der Waals surface area contributed by atoms with E-state index in [-0.39, 0.29) is 18.6 Å². The average molecular weight is 391 g/mol. The summed E-state index contributed by atoms with van der Waals surface area (Å²) in [5.41, 5.74) is 2.97. The van der Waals surface area contributed by atoms with Gasteiger partial charge >= 0.3 is 5.97 Å². The molecule has 0 aliphatic carbocycles. The molecule has 0 radical (unpaired) electrons. The number of benzene rings is 2. The van der Waals surface area contributed by atoms with E-state index >= 15 is 0 Å². The zero-order chi connectivity index (χ0) is 19.8. The summed E-state index contributed by atoms with van der Waals surface area (Å²) >= 11 is 1.57. The molecule has 28 heavy (non-hydrogen) atoms. The summed E-state index contributed by atoms with van der Waals surface area (Å²) in [6.07, 6.45) is 3.03. The molecule has 1 aromatic heterocycles. The molecule has 0 bridgehead atoms. The number of ether oxygens (including phenoxy) is 1. The van der Waals surface area contributed by atoms with Crippen LogP contribution in [0.15, 0.2) is 78.2 Å². The van der Waals surface area contributed by atoms with Crippen molar-refractivity contribution in [3.8, 4) is 0 Å². The van der Waals surface area contributed by atoms with Crippen LogP contribution in [-0.2, 0) is 14.3 Å². The first kappa shape index (κ1) is 19.6. The molecule has 0 saturated heterocycles. The van der Waals surface area contributed by atoms with Gasteiger partial charge in [0, 0.05) is 11.0 Å². The number of esters is 1. The van der Waals surface area contributed by atoms with Gasteiger partial charge in [-0.1, -0.05) is 60.7 Å². The quantitative estimate of drug-likeness (QED) is 0.476. The van der Waals surface area contributed by atoms with E-state index < -0.39 is 5.97 Å². The Morgan fingerprint density at radius 3 is 2.50 bits per heavy atom. The largest absolute Gasteiger partial charge is 0.452 e. The van der Waals surface area contributed by atoms with E-state index in [1.165, 1.54) is 6.08 Å². The molecule has 0 unspecified atom stereocenters. The van der Waals surface area contributed by atoms with Crippen molar-refractivity contribution < 1.29 is 14.3 Å². The normalized spacial score (nSPS) is 11.9. The Hall–Kier alpha value is -3.18. The number of aryl methyl sites for hydroxylation is 1. The Bertz CT molecular complexity index is 949. The van der Waals surface area contributed by atoms with Gasteiger partial charge in [0.15, 0.2) is 6.61 Å². The van der Waals surface area contributed by atoms with E-state index in [1.54, 1.807) is 17.4 Å². The van der Waals surface area contributed by atoms with E-state index in [0.29, 0.717) is 0 Å². The summed E-state index contributed by atoms with van der Waals surface area (Å²) in [5, 5.41) is 4.91. The van der Waals surface area contributed by atoms with Crippen LogP contribution in [-0.4, -0.2) is 18.5 Å². The van der Waals surface area contributed by atoms with Crippen molar-refractivity contribution in [3.05, 3.63) is 99.8 Å². The molecule has 1 N–H and O–H groups in total. The van der Waals surface area contributed by atoms with Crippen LogP contribution in [0.1, 0.15) is 27.6 Å². The maximum Gasteiger partial charge on any atom is 0.331 e. The van der Waals surface area contributed by atoms with Crippen molar-refractivity contribution in [1.82, 2.24) is 5.32 Å². The summed E-state index contributed by atoms with van der Waals surface area (Å²) in [7, 11) is 0. The van der Waals surface area contributed by atoms with Crippen molar-refractivity contribution in [2.45, 2.75) is 13.0 Å². The molecule has 1 heterocycles. The van der Waals surface area contributed by atoms with Crippen LogP contribution in [0.4, 0.5) is 0 Å². The number of hydrogen-bond acceptors (Lipinski definition) is 4. The Morgan fingerprint density at radius 1 is 1.04 bits per heavy atom. The molecular weight excluding hydrogens is 370 g/mol. The Balaban J connectivity index is 1.58. The highest BCUT2D eigenvalue weighted by molar-refractivity contribution is 7.10. The minimum absolute atomic E-state index is 0.269. The fourth-order valence-corrected chi connectivity index (χ4v) is 3.54. The summed E-state index contributed by atoms with van der Waals surface area (Å²) < 4.78 is 5.09. The summed E-state index contributed by atoms with van der Waals surface area (Å²) in [5.74, 6) is -0.898. The molecule has 0 fully saturated rings. The van der Waals surface area contributed by atoms with E-state index in [1.807, 2.05) is 79.0 Å². The molecule has 0 spiro atoms. The fraction of sp³-hybridized carbons (Fsp3) is 0.130. The van der Waals surface area contributed by atoms with Gasteiger partial charge in [0.05, 0.1) is 6.04 Å². The lowest BCUT2D eigenvalue weighted by atomic mass is 10.1. The van der Waals surface area contributed by atoms with Crippen LogP contribution in [0.2, 0.25) is 0 Å². The van der Waals surface area contributed by atoms with E-state index in [2.05, 4.69) is 5.32 Å². The molecule has 5 heteroatoms. The minimum atomic E-state index is -0.550. The highest BCUT2D eigenvalue weighted by atomic mass is 32.1. The maximum absolute atomic E-state index is 12.3. The molecule has 0 aliphatic rings. The number of carbonyl (C=O) groups is 2. The second-order valence-electron chi connectivity index (χ2n) is 6.22. The molecule has 0 saturated carbocycles. The molecule has 3 rings (SSSR count). The van der Waals surface area contributed by atoms with Gasteiger partial charge in [0.25, 0.3) is 5.91 Å². The van der Waals surface area contributed by atoms with Gasteiger partial charge in [0.2, 0.25) is 0 Å². The lowest BCUT2D eigenvalue weighted by molar-refractivity contribution is -0.143. The topological polar surface area (TPSA) is 55.4 Å². The van der Waals surface area contributed by atoms with Crippen LogP contribution >= 0.6 is 11.3 Å². The monoisotopic (exact) mass is 391 g/mol. The van der Waals surface area contributed by atoms with Crippen molar-refractivity contribution in [3.63, 3.8) is 0 Å². The Morgan fingerprint density at radius 2 is 1.79 bits per heavy atom. The lowest BCUT2D eigenvalue weighted by Gasteiger charge is -2.18. The highest BCUT2D eigenvalue weighted by Crippen LogP contribution is 2.25. The van der Waals surface area contributed by atoms with E-state index in [0.717, 1.165) is 21.6 Å². The molecule has 1 amide bonds. The predicted molar refractivity (Wildman–Crippen MR) is 112 cm³/mol. The van der Waals surface area contributed by atoms with Gasteiger partial charge in [-0.3, -0.25) is 4.79 Å². The first-order chi connectivity index (χ1) is 13.6. The standard InChI is InChI=1S/C23H21NO3S/c1-17-8-5-6-9-18(17)13-14-22(26)27-16-21(25)24-23(20-12-7-15-28-20)19-10-3-2-4-11-19/h2-15,23H,16H2,1H3,(H,24,25)/b14-13+/t23-/m1/s1. The van der Waals surface area contributed by atoms with Crippen LogP contribution in [0.5, 0.6) is 0 Å². The Labute approximate surface area is 168 Å². The highest BCUT2D eigenvalue weighted by Gasteiger charge is 2.18. The number of carbonyl (C=O) groups excluding carboxylic acids is 2. The third-order valence-electron chi connectivity index (χ3n) is 4.20. The summed E-state index contributed by atoms with van der Waals surface area (Å²) in [4.78, 5) is 25.3. The third kappa shape index (κ3) is 5.41.